The predicted molar refractivity (Wildman–Crippen MR) is 121 cm³/mol. The molecule has 1 aliphatic heterocycles. The van der Waals surface area contributed by atoms with Gasteiger partial charge in [-0.25, -0.2) is 4.98 Å². The van der Waals surface area contributed by atoms with Gasteiger partial charge in [0.05, 0.1) is 32.3 Å². The SMILES string of the molecule is COc1ccc(Oc2cnc(C(=O)N3CCN(c4ccc(C)nc4)CC3)cc2OC)cc1. The van der Waals surface area contributed by atoms with Crippen molar-refractivity contribution in [2.75, 3.05) is 45.3 Å². The molecule has 3 aromatic rings. The van der Waals surface area contributed by atoms with Crippen LogP contribution in [-0.4, -0.2) is 61.2 Å². The molecule has 3 heterocycles. The number of piperazine rings is 1. The maximum atomic E-state index is 13.0. The van der Waals surface area contributed by atoms with Crippen molar-refractivity contribution in [3.05, 3.63) is 66.2 Å². The van der Waals surface area contributed by atoms with Gasteiger partial charge in [0.1, 0.15) is 17.2 Å². The van der Waals surface area contributed by atoms with Gasteiger partial charge in [-0.3, -0.25) is 9.78 Å². The van der Waals surface area contributed by atoms with Crippen molar-refractivity contribution in [1.29, 1.82) is 0 Å². The van der Waals surface area contributed by atoms with Gasteiger partial charge in [-0.15, -0.1) is 0 Å². The Kier molecular flexibility index (Phi) is 6.39. The van der Waals surface area contributed by atoms with Crippen molar-refractivity contribution >= 4 is 11.6 Å². The molecule has 0 aliphatic carbocycles. The van der Waals surface area contributed by atoms with E-state index in [0.717, 1.165) is 30.2 Å². The van der Waals surface area contributed by atoms with E-state index in [1.54, 1.807) is 44.6 Å². The molecule has 2 aromatic heterocycles. The Bertz CT molecular complexity index is 1060. The third kappa shape index (κ3) is 4.74. The zero-order valence-corrected chi connectivity index (χ0v) is 18.4. The van der Waals surface area contributed by atoms with Gasteiger partial charge in [-0.1, -0.05) is 0 Å². The Hall–Kier alpha value is -3.81. The Balaban J connectivity index is 1.42. The van der Waals surface area contributed by atoms with Crippen LogP contribution < -0.4 is 19.1 Å². The van der Waals surface area contributed by atoms with Crippen LogP contribution >= 0.6 is 0 Å². The van der Waals surface area contributed by atoms with E-state index in [0.29, 0.717) is 36.0 Å². The molecule has 0 N–H and O–H groups in total. The smallest absolute Gasteiger partial charge is 0.272 e. The highest BCUT2D eigenvalue weighted by molar-refractivity contribution is 5.93. The highest BCUT2D eigenvalue weighted by atomic mass is 16.5. The number of amides is 1. The maximum Gasteiger partial charge on any atom is 0.272 e. The Morgan fingerprint density at radius 1 is 0.844 bits per heavy atom. The zero-order valence-electron chi connectivity index (χ0n) is 18.4. The molecule has 0 unspecified atom stereocenters. The summed E-state index contributed by atoms with van der Waals surface area (Å²) in [7, 11) is 3.15. The van der Waals surface area contributed by atoms with Crippen LogP contribution in [-0.2, 0) is 0 Å². The first kappa shape index (κ1) is 21.4. The van der Waals surface area contributed by atoms with Gasteiger partial charge in [-0.2, -0.15) is 0 Å². The molecule has 1 saturated heterocycles. The summed E-state index contributed by atoms with van der Waals surface area (Å²) in [5.41, 5.74) is 2.39. The van der Waals surface area contributed by atoms with Crippen molar-refractivity contribution in [2.24, 2.45) is 0 Å². The third-order valence-electron chi connectivity index (χ3n) is 5.39. The number of methoxy groups -OCH3 is 2. The summed E-state index contributed by atoms with van der Waals surface area (Å²) in [6.45, 7) is 4.68. The van der Waals surface area contributed by atoms with Crippen LogP contribution in [0.4, 0.5) is 5.69 Å². The van der Waals surface area contributed by atoms with Crippen molar-refractivity contribution in [1.82, 2.24) is 14.9 Å². The third-order valence-corrected chi connectivity index (χ3v) is 5.39. The van der Waals surface area contributed by atoms with Crippen LogP contribution in [0.3, 0.4) is 0 Å². The molecule has 1 aromatic carbocycles. The number of pyridine rings is 2. The summed E-state index contributed by atoms with van der Waals surface area (Å²) in [6.07, 6.45) is 3.39. The first-order valence-electron chi connectivity index (χ1n) is 10.4. The second-order valence-electron chi connectivity index (χ2n) is 7.44. The molecule has 1 aliphatic rings. The van der Waals surface area contributed by atoms with Gasteiger partial charge < -0.3 is 24.0 Å². The van der Waals surface area contributed by atoms with Crippen molar-refractivity contribution < 1.29 is 19.0 Å². The fraction of sp³-hybridized carbons (Fsp3) is 0.292. The average Bonchev–Trinajstić information content (AvgIpc) is 2.85. The van der Waals surface area contributed by atoms with E-state index in [9.17, 15) is 4.79 Å². The summed E-state index contributed by atoms with van der Waals surface area (Å²) in [5, 5.41) is 0. The number of carbonyl (C=O) groups excluding carboxylic acids is 1. The topological polar surface area (TPSA) is 77.0 Å². The highest BCUT2D eigenvalue weighted by Crippen LogP contribution is 2.32. The van der Waals surface area contributed by atoms with E-state index in [-0.39, 0.29) is 5.91 Å². The number of hydrogen-bond acceptors (Lipinski definition) is 7. The van der Waals surface area contributed by atoms with Gasteiger partial charge in [0.25, 0.3) is 5.91 Å². The Labute approximate surface area is 187 Å². The number of aromatic nitrogens is 2. The number of nitrogens with zero attached hydrogens (tertiary/aromatic N) is 4. The molecule has 32 heavy (non-hydrogen) atoms. The molecule has 8 heteroatoms. The van der Waals surface area contributed by atoms with Crippen LogP contribution in [0.2, 0.25) is 0 Å². The lowest BCUT2D eigenvalue weighted by molar-refractivity contribution is 0.0740. The molecule has 1 amide bonds. The molecule has 0 saturated carbocycles. The molecular formula is C24H26N4O4. The van der Waals surface area contributed by atoms with Crippen LogP contribution in [0.25, 0.3) is 0 Å². The predicted octanol–water partition coefficient (Wildman–Crippen LogP) is 3.56. The van der Waals surface area contributed by atoms with Gasteiger partial charge in [0.2, 0.25) is 0 Å². The van der Waals surface area contributed by atoms with E-state index < -0.39 is 0 Å². The number of rotatable bonds is 6. The van der Waals surface area contributed by atoms with Crippen molar-refractivity contribution in [3.63, 3.8) is 0 Å². The van der Waals surface area contributed by atoms with Crippen LogP contribution in [0.1, 0.15) is 16.2 Å². The van der Waals surface area contributed by atoms with E-state index in [2.05, 4.69) is 20.9 Å². The quantitative estimate of drug-likeness (QED) is 0.587. The van der Waals surface area contributed by atoms with Crippen LogP contribution in [0.5, 0.6) is 23.0 Å². The summed E-state index contributed by atoms with van der Waals surface area (Å²) in [6, 6.07) is 12.9. The minimum absolute atomic E-state index is 0.124. The second-order valence-corrected chi connectivity index (χ2v) is 7.44. The fourth-order valence-electron chi connectivity index (χ4n) is 3.53. The van der Waals surface area contributed by atoms with Gasteiger partial charge in [0.15, 0.2) is 11.5 Å². The highest BCUT2D eigenvalue weighted by Gasteiger charge is 2.24. The molecule has 0 bridgehead atoms. The summed E-state index contributed by atoms with van der Waals surface area (Å²) in [4.78, 5) is 25.8. The van der Waals surface area contributed by atoms with Gasteiger partial charge in [0, 0.05) is 37.9 Å². The monoisotopic (exact) mass is 434 g/mol. The lowest BCUT2D eigenvalue weighted by Gasteiger charge is -2.35. The van der Waals surface area contributed by atoms with E-state index in [4.69, 9.17) is 14.2 Å². The normalized spacial score (nSPS) is 13.6. The van der Waals surface area contributed by atoms with Crippen molar-refractivity contribution in [2.45, 2.75) is 6.92 Å². The molecule has 8 nitrogen and oxygen atoms in total. The minimum Gasteiger partial charge on any atom is -0.497 e. The molecule has 0 radical (unpaired) electrons. The van der Waals surface area contributed by atoms with E-state index >= 15 is 0 Å². The molecule has 4 rings (SSSR count). The van der Waals surface area contributed by atoms with E-state index in [1.165, 1.54) is 6.20 Å². The first-order valence-corrected chi connectivity index (χ1v) is 10.4. The first-order chi connectivity index (χ1) is 15.6. The molecule has 0 spiro atoms. The van der Waals surface area contributed by atoms with E-state index in [1.807, 2.05) is 24.1 Å². The number of aryl methyl sites for hydroxylation is 1. The number of ether oxygens (including phenoxy) is 3. The summed E-state index contributed by atoms with van der Waals surface area (Å²) < 4.78 is 16.5. The summed E-state index contributed by atoms with van der Waals surface area (Å²) in [5.74, 6) is 2.12. The lowest BCUT2D eigenvalue weighted by Crippen LogP contribution is -2.49. The molecule has 166 valence electrons. The molecular weight excluding hydrogens is 408 g/mol. The largest absolute Gasteiger partial charge is 0.497 e. The van der Waals surface area contributed by atoms with Crippen molar-refractivity contribution in [3.8, 4) is 23.0 Å². The lowest BCUT2D eigenvalue weighted by atomic mass is 10.2. The van der Waals surface area contributed by atoms with Gasteiger partial charge >= 0.3 is 0 Å². The number of hydrogen-bond donors (Lipinski definition) is 0. The molecule has 0 atom stereocenters. The minimum atomic E-state index is -0.124. The maximum absolute atomic E-state index is 13.0. The average molecular weight is 434 g/mol. The second kappa shape index (κ2) is 9.55. The fourth-order valence-corrected chi connectivity index (χ4v) is 3.53. The number of benzene rings is 1. The van der Waals surface area contributed by atoms with Gasteiger partial charge in [-0.05, 0) is 43.3 Å². The zero-order chi connectivity index (χ0) is 22.5. The standard InChI is InChI=1S/C24H26N4O4/c1-17-4-5-18(15-25-17)27-10-12-28(13-11-27)24(29)21-14-22(31-3)23(16-26-21)32-20-8-6-19(30-2)7-9-20/h4-9,14-16H,10-13H2,1-3H3. The Morgan fingerprint density at radius 3 is 2.19 bits per heavy atom. The summed E-state index contributed by atoms with van der Waals surface area (Å²) >= 11 is 0. The van der Waals surface area contributed by atoms with Crippen LogP contribution in [0.15, 0.2) is 54.9 Å². The van der Waals surface area contributed by atoms with Crippen LogP contribution in [0, 0.1) is 6.92 Å². The Morgan fingerprint density at radius 2 is 1.56 bits per heavy atom. The number of carbonyl (C=O) groups is 1. The number of anilines is 1. The molecule has 1 fully saturated rings.